The molecule has 1 aromatic rings. The minimum Gasteiger partial charge on any atom is -0.313 e. The van der Waals surface area contributed by atoms with Crippen molar-refractivity contribution in [2.45, 2.75) is 53.0 Å². The SMILES string of the molecule is CCCNC(Cc1ccc(CC)cc1)C(C)C. The van der Waals surface area contributed by atoms with Crippen LogP contribution in [0, 0.1) is 5.92 Å². The van der Waals surface area contributed by atoms with E-state index in [-0.39, 0.29) is 0 Å². The van der Waals surface area contributed by atoms with Crippen LogP contribution in [0.5, 0.6) is 0 Å². The van der Waals surface area contributed by atoms with E-state index in [4.69, 9.17) is 0 Å². The predicted octanol–water partition coefficient (Wildman–Crippen LogP) is 3.82. The van der Waals surface area contributed by atoms with Crippen molar-refractivity contribution in [2.75, 3.05) is 6.54 Å². The number of aryl methyl sites for hydroxylation is 1. The molecule has 0 radical (unpaired) electrons. The fraction of sp³-hybridized carbons (Fsp3) is 0.625. The van der Waals surface area contributed by atoms with Crippen molar-refractivity contribution in [3.8, 4) is 0 Å². The lowest BCUT2D eigenvalue weighted by Crippen LogP contribution is -2.36. The molecule has 96 valence electrons. The molecule has 0 bridgehead atoms. The summed E-state index contributed by atoms with van der Waals surface area (Å²) in [7, 11) is 0. The van der Waals surface area contributed by atoms with Gasteiger partial charge in [0.1, 0.15) is 0 Å². The van der Waals surface area contributed by atoms with E-state index in [0.717, 1.165) is 19.4 Å². The van der Waals surface area contributed by atoms with Crippen LogP contribution in [0.2, 0.25) is 0 Å². The van der Waals surface area contributed by atoms with Gasteiger partial charge in [0.05, 0.1) is 0 Å². The highest BCUT2D eigenvalue weighted by atomic mass is 14.9. The lowest BCUT2D eigenvalue weighted by Gasteiger charge is -2.22. The Morgan fingerprint density at radius 1 is 1.00 bits per heavy atom. The number of hydrogen-bond donors (Lipinski definition) is 1. The van der Waals surface area contributed by atoms with Crippen LogP contribution in [-0.2, 0) is 12.8 Å². The maximum Gasteiger partial charge on any atom is 0.0130 e. The second-order valence-electron chi connectivity index (χ2n) is 5.18. The van der Waals surface area contributed by atoms with Gasteiger partial charge in [0.2, 0.25) is 0 Å². The van der Waals surface area contributed by atoms with E-state index in [9.17, 15) is 0 Å². The Bertz CT molecular complexity index is 300. The van der Waals surface area contributed by atoms with Crippen LogP contribution in [0.25, 0.3) is 0 Å². The Labute approximate surface area is 107 Å². The van der Waals surface area contributed by atoms with Gasteiger partial charge in [0.15, 0.2) is 0 Å². The van der Waals surface area contributed by atoms with Crippen LogP contribution >= 0.6 is 0 Å². The lowest BCUT2D eigenvalue weighted by atomic mass is 9.95. The van der Waals surface area contributed by atoms with E-state index in [1.54, 1.807) is 0 Å². The normalized spacial score (nSPS) is 13.0. The number of hydrogen-bond acceptors (Lipinski definition) is 1. The van der Waals surface area contributed by atoms with E-state index < -0.39 is 0 Å². The van der Waals surface area contributed by atoms with E-state index in [1.165, 1.54) is 17.5 Å². The molecular formula is C16H27N. The van der Waals surface area contributed by atoms with Crippen molar-refractivity contribution in [1.29, 1.82) is 0 Å². The highest BCUT2D eigenvalue weighted by Gasteiger charge is 2.12. The Balaban J connectivity index is 2.58. The first kappa shape index (κ1) is 14.2. The molecule has 0 heterocycles. The van der Waals surface area contributed by atoms with Crippen LogP contribution in [0.1, 0.15) is 45.2 Å². The van der Waals surface area contributed by atoms with Crippen molar-refractivity contribution in [2.24, 2.45) is 5.92 Å². The van der Waals surface area contributed by atoms with Gasteiger partial charge in [-0.15, -0.1) is 0 Å². The third kappa shape index (κ3) is 4.91. The first-order valence-corrected chi connectivity index (χ1v) is 6.98. The van der Waals surface area contributed by atoms with Gasteiger partial charge in [0, 0.05) is 6.04 Å². The third-order valence-corrected chi connectivity index (χ3v) is 3.35. The van der Waals surface area contributed by atoms with Crippen molar-refractivity contribution >= 4 is 0 Å². The van der Waals surface area contributed by atoms with Gasteiger partial charge in [-0.25, -0.2) is 0 Å². The summed E-state index contributed by atoms with van der Waals surface area (Å²) >= 11 is 0. The molecule has 0 fully saturated rings. The average Bonchev–Trinajstić information content (AvgIpc) is 2.35. The zero-order chi connectivity index (χ0) is 12.7. The van der Waals surface area contributed by atoms with Gasteiger partial charge in [-0.2, -0.15) is 0 Å². The van der Waals surface area contributed by atoms with Crippen molar-refractivity contribution in [3.63, 3.8) is 0 Å². The zero-order valence-corrected chi connectivity index (χ0v) is 11.8. The molecule has 0 aliphatic carbocycles. The minimum atomic E-state index is 0.599. The molecule has 0 saturated carbocycles. The van der Waals surface area contributed by atoms with Crippen molar-refractivity contribution < 1.29 is 0 Å². The summed E-state index contributed by atoms with van der Waals surface area (Å²) in [5, 5.41) is 3.65. The fourth-order valence-corrected chi connectivity index (χ4v) is 2.04. The first-order chi connectivity index (χ1) is 8.17. The molecule has 1 atom stereocenters. The topological polar surface area (TPSA) is 12.0 Å². The van der Waals surface area contributed by atoms with Gasteiger partial charge >= 0.3 is 0 Å². The second-order valence-corrected chi connectivity index (χ2v) is 5.18. The van der Waals surface area contributed by atoms with E-state index in [2.05, 4.69) is 57.3 Å². The molecule has 1 N–H and O–H groups in total. The second kappa shape index (κ2) is 7.50. The molecule has 1 rings (SSSR count). The molecule has 0 spiro atoms. The molecule has 17 heavy (non-hydrogen) atoms. The van der Waals surface area contributed by atoms with Gasteiger partial charge in [0.25, 0.3) is 0 Å². The summed E-state index contributed by atoms with van der Waals surface area (Å²) in [5.74, 6) is 0.687. The number of rotatable bonds is 7. The molecule has 0 amide bonds. The van der Waals surface area contributed by atoms with Crippen LogP contribution in [0.4, 0.5) is 0 Å². The number of nitrogens with one attached hydrogen (secondary N) is 1. The summed E-state index contributed by atoms with van der Waals surface area (Å²) in [6.45, 7) is 10.1. The highest BCUT2D eigenvalue weighted by Crippen LogP contribution is 2.12. The number of benzene rings is 1. The Hall–Kier alpha value is -0.820. The molecule has 1 aromatic carbocycles. The van der Waals surface area contributed by atoms with Crippen LogP contribution < -0.4 is 5.32 Å². The van der Waals surface area contributed by atoms with Gasteiger partial charge in [-0.3, -0.25) is 0 Å². The Kier molecular flexibility index (Phi) is 6.28. The van der Waals surface area contributed by atoms with Crippen LogP contribution in [0.15, 0.2) is 24.3 Å². The third-order valence-electron chi connectivity index (χ3n) is 3.35. The van der Waals surface area contributed by atoms with E-state index in [1.807, 2.05) is 0 Å². The quantitative estimate of drug-likeness (QED) is 0.755. The van der Waals surface area contributed by atoms with Gasteiger partial charge in [-0.05, 0) is 42.9 Å². The summed E-state index contributed by atoms with van der Waals surface area (Å²) < 4.78 is 0. The molecule has 1 heteroatoms. The van der Waals surface area contributed by atoms with Crippen molar-refractivity contribution in [1.82, 2.24) is 5.32 Å². The Morgan fingerprint density at radius 2 is 1.59 bits per heavy atom. The monoisotopic (exact) mass is 233 g/mol. The van der Waals surface area contributed by atoms with E-state index >= 15 is 0 Å². The summed E-state index contributed by atoms with van der Waals surface area (Å²) in [4.78, 5) is 0. The van der Waals surface area contributed by atoms with E-state index in [0.29, 0.717) is 12.0 Å². The average molecular weight is 233 g/mol. The fourth-order valence-electron chi connectivity index (χ4n) is 2.04. The largest absolute Gasteiger partial charge is 0.313 e. The minimum absolute atomic E-state index is 0.599. The van der Waals surface area contributed by atoms with Crippen LogP contribution in [0.3, 0.4) is 0 Å². The zero-order valence-electron chi connectivity index (χ0n) is 11.8. The molecule has 1 unspecified atom stereocenters. The molecular weight excluding hydrogens is 206 g/mol. The first-order valence-electron chi connectivity index (χ1n) is 6.98. The molecule has 0 aromatic heterocycles. The standard InChI is InChI=1S/C16H27N/c1-5-11-17-16(13(3)4)12-15-9-7-14(6-2)8-10-15/h7-10,13,16-17H,5-6,11-12H2,1-4H3. The van der Waals surface area contributed by atoms with Crippen molar-refractivity contribution in [3.05, 3.63) is 35.4 Å². The molecule has 1 nitrogen and oxygen atoms in total. The predicted molar refractivity (Wildman–Crippen MR) is 76.4 cm³/mol. The summed E-state index contributed by atoms with van der Waals surface area (Å²) in [6.07, 6.45) is 3.47. The van der Waals surface area contributed by atoms with Gasteiger partial charge in [-0.1, -0.05) is 52.0 Å². The van der Waals surface area contributed by atoms with Crippen LogP contribution in [-0.4, -0.2) is 12.6 Å². The Morgan fingerprint density at radius 3 is 2.06 bits per heavy atom. The summed E-state index contributed by atoms with van der Waals surface area (Å²) in [5.41, 5.74) is 2.88. The highest BCUT2D eigenvalue weighted by molar-refractivity contribution is 5.23. The molecule has 0 aliphatic heterocycles. The summed E-state index contributed by atoms with van der Waals surface area (Å²) in [6, 6.07) is 9.67. The maximum atomic E-state index is 3.65. The molecule has 0 aliphatic rings. The maximum absolute atomic E-state index is 3.65. The lowest BCUT2D eigenvalue weighted by molar-refractivity contribution is 0.397. The molecule has 0 saturated heterocycles. The van der Waals surface area contributed by atoms with Gasteiger partial charge < -0.3 is 5.32 Å². The smallest absolute Gasteiger partial charge is 0.0130 e.